The molecule has 0 aliphatic carbocycles. The number of amides is 2. The summed E-state index contributed by atoms with van der Waals surface area (Å²) in [5, 5.41) is 11.9. The summed E-state index contributed by atoms with van der Waals surface area (Å²) < 4.78 is 0. The van der Waals surface area contributed by atoms with E-state index in [1.807, 2.05) is 38.1 Å². The Labute approximate surface area is 131 Å². The second-order valence-electron chi connectivity index (χ2n) is 6.06. The van der Waals surface area contributed by atoms with Crippen LogP contribution in [0.3, 0.4) is 0 Å². The fourth-order valence-corrected chi connectivity index (χ4v) is 2.69. The second kappa shape index (κ2) is 7.40. The van der Waals surface area contributed by atoms with Gasteiger partial charge in [0, 0.05) is 25.6 Å². The van der Waals surface area contributed by atoms with Gasteiger partial charge in [-0.25, -0.2) is 0 Å². The summed E-state index contributed by atoms with van der Waals surface area (Å²) >= 11 is 0. The van der Waals surface area contributed by atoms with E-state index >= 15 is 0 Å². The van der Waals surface area contributed by atoms with Crippen LogP contribution in [0.5, 0.6) is 0 Å². The van der Waals surface area contributed by atoms with E-state index in [0.717, 1.165) is 17.5 Å². The van der Waals surface area contributed by atoms with Crippen molar-refractivity contribution in [2.24, 2.45) is 5.92 Å². The van der Waals surface area contributed by atoms with Gasteiger partial charge in [-0.15, -0.1) is 0 Å². The van der Waals surface area contributed by atoms with Gasteiger partial charge in [0.2, 0.25) is 11.8 Å². The molecule has 0 radical (unpaired) electrons. The van der Waals surface area contributed by atoms with Crippen LogP contribution in [0.2, 0.25) is 0 Å². The zero-order valence-electron chi connectivity index (χ0n) is 13.2. The van der Waals surface area contributed by atoms with Gasteiger partial charge in [-0.2, -0.15) is 0 Å². The van der Waals surface area contributed by atoms with Crippen molar-refractivity contribution in [1.29, 1.82) is 0 Å². The molecule has 2 N–H and O–H groups in total. The molecule has 22 heavy (non-hydrogen) atoms. The Kier molecular flexibility index (Phi) is 5.55. The normalized spacial score (nSPS) is 18.1. The van der Waals surface area contributed by atoms with Crippen LogP contribution in [0.1, 0.15) is 31.4 Å². The van der Waals surface area contributed by atoms with Crippen molar-refractivity contribution in [3.05, 3.63) is 35.4 Å². The zero-order valence-corrected chi connectivity index (χ0v) is 13.2. The summed E-state index contributed by atoms with van der Waals surface area (Å²) in [4.78, 5) is 25.7. The first-order chi connectivity index (χ1) is 10.5. The highest BCUT2D eigenvalue weighted by molar-refractivity contribution is 5.89. The van der Waals surface area contributed by atoms with Gasteiger partial charge in [0.05, 0.1) is 12.5 Å². The number of carbonyl (C=O) groups is 2. The minimum absolute atomic E-state index is 0.0384. The number of aliphatic hydroxyl groups is 1. The number of nitrogens with one attached hydrogen (secondary N) is 1. The number of benzene rings is 1. The molecule has 1 aromatic carbocycles. The van der Waals surface area contributed by atoms with E-state index in [9.17, 15) is 9.59 Å². The molecule has 1 aromatic rings. The predicted molar refractivity (Wildman–Crippen MR) is 84.0 cm³/mol. The zero-order chi connectivity index (χ0) is 16.1. The number of nitrogens with zero attached hydrogens (tertiary/aromatic N) is 1. The van der Waals surface area contributed by atoms with Crippen molar-refractivity contribution >= 4 is 11.8 Å². The minimum atomic E-state index is -0.230. The highest BCUT2D eigenvalue weighted by atomic mass is 16.3. The van der Waals surface area contributed by atoms with Crippen LogP contribution in [-0.2, 0) is 22.6 Å². The van der Waals surface area contributed by atoms with Gasteiger partial charge in [-0.1, -0.05) is 24.3 Å². The van der Waals surface area contributed by atoms with Crippen molar-refractivity contribution in [2.45, 2.75) is 39.3 Å². The van der Waals surface area contributed by atoms with Crippen LogP contribution in [0.15, 0.2) is 24.3 Å². The highest BCUT2D eigenvalue weighted by Crippen LogP contribution is 2.20. The van der Waals surface area contributed by atoms with Crippen LogP contribution in [0.25, 0.3) is 0 Å². The van der Waals surface area contributed by atoms with Gasteiger partial charge in [-0.05, 0) is 31.4 Å². The summed E-state index contributed by atoms with van der Waals surface area (Å²) in [5.74, 6) is -0.204. The Bertz CT molecular complexity index is 525. The van der Waals surface area contributed by atoms with Crippen molar-refractivity contribution in [2.75, 3.05) is 13.1 Å². The van der Waals surface area contributed by atoms with E-state index < -0.39 is 0 Å². The average Bonchev–Trinajstić information content (AvgIpc) is 2.90. The molecule has 120 valence electrons. The van der Waals surface area contributed by atoms with E-state index in [1.54, 1.807) is 4.90 Å². The quantitative estimate of drug-likeness (QED) is 0.827. The monoisotopic (exact) mass is 304 g/mol. The van der Waals surface area contributed by atoms with Gasteiger partial charge >= 0.3 is 0 Å². The lowest BCUT2D eigenvalue weighted by Gasteiger charge is -2.20. The largest absolute Gasteiger partial charge is 0.392 e. The summed E-state index contributed by atoms with van der Waals surface area (Å²) in [5.41, 5.74) is 2.00. The molecule has 5 heteroatoms. The van der Waals surface area contributed by atoms with Crippen LogP contribution in [0, 0.1) is 5.92 Å². The van der Waals surface area contributed by atoms with E-state index in [0.29, 0.717) is 19.5 Å². The minimum Gasteiger partial charge on any atom is -0.392 e. The molecule has 5 nitrogen and oxygen atoms in total. The molecule has 0 spiro atoms. The molecule has 1 fully saturated rings. The molecular formula is C17H24N2O3. The average molecular weight is 304 g/mol. The van der Waals surface area contributed by atoms with Crippen molar-refractivity contribution in [1.82, 2.24) is 10.2 Å². The Morgan fingerprint density at radius 1 is 1.32 bits per heavy atom. The number of rotatable bonds is 6. The smallest absolute Gasteiger partial charge is 0.225 e. The Hall–Kier alpha value is -1.88. The molecule has 1 aliphatic heterocycles. The first-order valence-electron chi connectivity index (χ1n) is 7.77. The maximum absolute atomic E-state index is 12.1. The van der Waals surface area contributed by atoms with Crippen molar-refractivity contribution in [3.8, 4) is 0 Å². The molecule has 2 rings (SSSR count). The van der Waals surface area contributed by atoms with Gasteiger partial charge < -0.3 is 15.3 Å². The molecule has 0 saturated carbocycles. The lowest BCUT2D eigenvalue weighted by Crippen LogP contribution is -2.36. The summed E-state index contributed by atoms with van der Waals surface area (Å²) in [6.07, 6.45) is 1.06. The van der Waals surface area contributed by atoms with Gasteiger partial charge in [0.1, 0.15) is 0 Å². The number of carbonyl (C=O) groups excluding carboxylic acids is 2. The highest BCUT2D eigenvalue weighted by Gasteiger charge is 2.35. The van der Waals surface area contributed by atoms with Crippen LogP contribution in [0.4, 0.5) is 0 Å². The Morgan fingerprint density at radius 2 is 1.95 bits per heavy atom. The molecule has 1 unspecified atom stereocenters. The van der Waals surface area contributed by atoms with Crippen LogP contribution in [-0.4, -0.2) is 41.0 Å². The molecule has 1 heterocycles. The van der Waals surface area contributed by atoms with Crippen molar-refractivity contribution in [3.63, 3.8) is 0 Å². The van der Waals surface area contributed by atoms with Gasteiger partial charge in [-0.3, -0.25) is 9.59 Å². The summed E-state index contributed by atoms with van der Waals surface area (Å²) in [7, 11) is 0. The Balaban J connectivity index is 1.77. The van der Waals surface area contributed by atoms with Crippen LogP contribution < -0.4 is 5.32 Å². The standard InChI is InChI=1S/C17H24N2O3/c1-12(2)19-10-15(9-16(19)21)17(22)18-8-7-13-3-5-14(11-20)6-4-13/h3-6,12,15,20H,7-11H2,1-2H3,(H,18,22). The molecule has 0 bridgehead atoms. The fraction of sp³-hybridized carbons (Fsp3) is 0.529. The van der Waals surface area contributed by atoms with Crippen LogP contribution >= 0.6 is 0 Å². The number of aliphatic hydroxyl groups excluding tert-OH is 1. The third-order valence-electron chi connectivity index (χ3n) is 4.07. The number of likely N-dealkylation sites (tertiary alicyclic amines) is 1. The van der Waals surface area contributed by atoms with Gasteiger partial charge in [0.25, 0.3) is 0 Å². The van der Waals surface area contributed by atoms with E-state index in [-0.39, 0.29) is 30.4 Å². The first kappa shape index (κ1) is 16.5. The SMILES string of the molecule is CC(C)N1CC(C(=O)NCCc2ccc(CO)cc2)CC1=O. The third kappa shape index (κ3) is 4.07. The molecule has 0 aromatic heterocycles. The predicted octanol–water partition coefficient (Wildman–Crippen LogP) is 1.09. The molecule has 1 atom stereocenters. The van der Waals surface area contributed by atoms with Crippen molar-refractivity contribution < 1.29 is 14.7 Å². The lowest BCUT2D eigenvalue weighted by atomic mass is 10.1. The van der Waals surface area contributed by atoms with E-state index in [4.69, 9.17) is 5.11 Å². The molecular weight excluding hydrogens is 280 g/mol. The fourth-order valence-electron chi connectivity index (χ4n) is 2.69. The lowest BCUT2D eigenvalue weighted by molar-refractivity contribution is -0.129. The molecule has 1 aliphatic rings. The topological polar surface area (TPSA) is 69.6 Å². The summed E-state index contributed by atoms with van der Waals surface area (Å²) in [6, 6.07) is 7.82. The van der Waals surface area contributed by atoms with E-state index in [1.165, 1.54) is 0 Å². The van der Waals surface area contributed by atoms with Gasteiger partial charge in [0.15, 0.2) is 0 Å². The van der Waals surface area contributed by atoms with E-state index in [2.05, 4.69) is 5.32 Å². The number of hydrogen-bond acceptors (Lipinski definition) is 3. The number of hydrogen-bond donors (Lipinski definition) is 2. The maximum Gasteiger partial charge on any atom is 0.225 e. The molecule has 1 saturated heterocycles. The maximum atomic E-state index is 12.1. The summed E-state index contributed by atoms with van der Waals surface area (Å²) in [6.45, 7) is 5.05. The second-order valence-corrected chi connectivity index (χ2v) is 6.06. The third-order valence-corrected chi connectivity index (χ3v) is 4.07. The molecule has 2 amide bonds. The Morgan fingerprint density at radius 3 is 2.50 bits per heavy atom. The first-order valence-corrected chi connectivity index (χ1v) is 7.77.